The highest BCUT2D eigenvalue weighted by Gasteiger charge is 2.28. The van der Waals surface area contributed by atoms with Crippen molar-refractivity contribution in [3.05, 3.63) is 223 Å². The van der Waals surface area contributed by atoms with Crippen LogP contribution in [0.25, 0.3) is 83.4 Å². The summed E-state index contributed by atoms with van der Waals surface area (Å²) < 4.78 is 13.8. The summed E-state index contributed by atoms with van der Waals surface area (Å²) in [6.45, 7) is 18.4. The average molecular weight is 912 g/mol. The number of pyridine rings is 1. The minimum absolute atomic E-state index is 0.0303. The molecule has 344 valence electrons. The third-order valence-electron chi connectivity index (χ3n) is 13.8. The molecule has 5 heteroatoms. The maximum absolute atomic E-state index is 6.86. The van der Waals surface area contributed by atoms with Gasteiger partial charge in [0.2, 0.25) is 0 Å². The predicted molar refractivity (Wildman–Crippen MR) is 291 cm³/mol. The molecule has 0 saturated heterocycles. The lowest BCUT2D eigenvalue weighted by atomic mass is 9.78. The van der Waals surface area contributed by atoms with Gasteiger partial charge in [-0.05, 0) is 98.7 Å². The fraction of sp³-hybridized carbons (Fsp3) is 0.169. The topological polar surface area (TPSA) is 35.9 Å². The van der Waals surface area contributed by atoms with Gasteiger partial charge in [0.25, 0.3) is 6.33 Å². The van der Waals surface area contributed by atoms with Crippen LogP contribution >= 0.6 is 0 Å². The number of imidazole rings is 1. The fourth-order valence-electron chi connectivity index (χ4n) is 10.0. The Balaban J connectivity index is 1.03. The second-order valence-electron chi connectivity index (χ2n) is 21.0. The number of hydrogen-bond acceptors (Lipinski definition) is 2. The number of fused-ring (bicyclic) bond motifs is 4. The van der Waals surface area contributed by atoms with E-state index in [1.165, 1.54) is 44.3 Å². The van der Waals surface area contributed by atoms with E-state index in [1.807, 2.05) is 12.3 Å². The van der Waals surface area contributed by atoms with E-state index in [2.05, 4.69) is 263 Å². The van der Waals surface area contributed by atoms with Crippen LogP contribution in [0, 0.1) is 0 Å². The van der Waals surface area contributed by atoms with Gasteiger partial charge in [0.05, 0.1) is 11.0 Å². The summed E-state index contributed by atoms with van der Waals surface area (Å²) >= 11 is 0. The zero-order chi connectivity index (χ0) is 48.3. The van der Waals surface area contributed by atoms with Gasteiger partial charge >= 0.3 is 0 Å². The molecule has 11 aromatic rings. The highest BCUT2D eigenvalue weighted by molar-refractivity contribution is 6.09. The summed E-state index contributed by atoms with van der Waals surface area (Å²) in [5.41, 5.74) is 17.4. The van der Waals surface area contributed by atoms with Gasteiger partial charge in [-0.2, -0.15) is 9.13 Å². The smallest absolute Gasteiger partial charge is 0.255 e. The summed E-state index contributed by atoms with van der Waals surface area (Å²) in [4.78, 5) is 5.14. The zero-order valence-corrected chi connectivity index (χ0v) is 41.4. The second kappa shape index (κ2) is 17.5. The number of benzene rings is 8. The van der Waals surface area contributed by atoms with Crippen molar-refractivity contribution >= 4 is 32.8 Å². The molecule has 0 saturated carbocycles. The first-order valence-electron chi connectivity index (χ1n) is 24.5. The Labute approximate surface area is 411 Å². The lowest BCUT2D eigenvalue weighted by Crippen LogP contribution is -2.31. The van der Waals surface area contributed by atoms with Crippen molar-refractivity contribution in [3.8, 4) is 62.1 Å². The Bertz CT molecular complexity index is 3700. The lowest BCUT2D eigenvalue weighted by Gasteiger charge is -2.26. The zero-order valence-electron chi connectivity index (χ0n) is 41.4. The molecule has 0 fully saturated rings. The van der Waals surface area contributed by atoms with E-state index in [4.69, 9.17) is 9.72 Å². The molecule has 0 amide bonds. The van der Waals surface area contributed by atoms with Crippen LogP contribution in [0.15, 0.2) is 207 Å². The minimum atomic E-state index is -0.0303. The number of rotatable bonds is 9. The van der Waals surface area contributed by atoms with Gasteiger partial charge in [0, 0.05) is 45.8 Å². The maximum atomic E-state index is 6.86. The monoisotopic (exact) mass is 911 g/mol. The van der Waals surface area contributed by atoms with Gasteiger partial charge in [-0.15, -0.1) is 0 Å². The molecular weight excluding hydrogens is 853 g/mol. The highest BCUT2D eigenvalue weighted by atomic mass is 16.5. The van der Waals surface area contributed by atoms with Crippen LogP contribution < -0.4 is 9.30 Å². The van der Waals surface area contributed by atoms with Crippen molar-refractivity contribution in [1.29, 1.82) is 0 Å². The minimum Gasteiger partial charge on any atom is -0.457 e. The molecule has 8 aromatic carbocycles. The van der Waals surface area contributed by atoms with Crippen molar-refractivity contribution in [3.63, 3.8) is 0 Å². The van der Waals surface area contributed by atoms with Crippen LogP contribution in [0.4, 0.5) is 0 Å². The van der Waals surface area contributed by atoms with Gasteiger partial charge in [0.1, 0.15) is 28.7 Å². The van der Waals surface area contributed by atoms with E-state index in [-0.39, 0.29) is 10.8 Å². The summed E-state index contributed by atoms with van der Waals surface area (Å²) in [7, 11) is 0. The fourth-order valence-corrected chi connectivity index (χ4v) is 10.0. The summed E-state index contributed by atoms with van der Waals surface area (Å²) in [6, 6.07) is 69.7. The Morgan fingerprint density at radius 1 is 0.486 bits per heavy atom. The molecule has 0 aliphatic rings. The van der Waals surface area contributed by atoms with Gasteiger partial charge < -0.3 is 4.74 Å². The maximum Gasteiger partial charge on any atom is 0.255 e. The normalized spacial score (nSPS) is 12.1. The van der Waals surface area contributed by atoms with E-state index in [0.717, 1.165) is 67.3 Å². The van der Waals surface area contributed by atoms with Gasteiger partial charge in [-0.25, -0.2) is 4.98 Å². The Hall–Kier alpha value is -8.02. The van der Waals surface area contributed by atoms with Crippen molar-refractivity contribution in [2.75, 3.05) is 0 Å². The third kappa shape index (κ3) is 8.15. The van der Waals surface area contributed by atoms with Crippen molar-refractivity contribution in [1.82, 2.24) is 14.1 Å². The molecule has 0 bridgehead atoms. The molecule has 11 rings (SSSR count). The van der Waals surface area contributed by atoms with Crippen LogP contribution in [0.1, 0.15) is 78.0 Å². The van der Waals surface area contributed by atoms with Crippen LogP contribution in [0.2, 0.25) is 0 Å². The predicted octanol–water partition coefficient (Wildman–Crippen LogP) is 16.9. The first-order chi connectivity index (χ1) is 33.8. The number of nitrogens with zero attached hydrogens (tertiary/aromatic N) is 4. The van der Waals surface area contributed by atoms with Crippen molar-refractivity contribution in [2.45, 2.75) is 72.1 Å². The van der Waals surface area contributed by atoms with Crippen LogP contribution in [0.3, 0.4) is 0 Å². The molecule has 0 aliphatic heterocycles. The van der Waals surface area contributed by atoms with E-state index < -0.39 is 0 Å². The van der Waals surface area contributed by atoms with Crippen molar-refractivity contribution < 1.29 is 9.30 Å². The number of aromatic nitrogens is 4. The molecule has 3 aromatic heterocycles. The Morgan fingerprint density at radius 2 is 1.07 bits per heavy atom. The third-order valence-corrected chi connectivity index (χ3v) is 13.8. The van der Waals surface area contributed by atoms with Crippen molar-refractivity contribution in [2.24, 2.45) is 0 Å². The van der Waals surface area contributed by atoms with E-state index in [0.29, 0.717) is 5.92 Å². The van der Waals surface area contributed by atoms with Crippen LogP contribution in [-0.4, -0.2) is 14.1 Å². The largest absolute Gasteiger partial charge is 0.457 e. The number of hydrogen-bond donors (Lipinski definition) is 0. The molecule has 0 N–H and O–H groups in total. The molecule has 70 heavy (non-hydrogen) atoms. The highest BCUT2D eigenvalue weighted by Crippen LogP contribution is 2.41. The first kappa shape index (κ1) is 44.5. The molecule has 0 radical (unpaired) electrons. The van der Waals surface area contributed by atoms with Gasteiger partial charge in [-0.1, -0.05) is 189 Å². The summed E-state index contributed by atoms with van der Waals surface area (Å²) in [5, 5.41) is 2.32. The Morgan fingerprint density at radius 3 is 1.76 bits per heavy atom. The molecule has 5 nitrogen and oxygen atoms in total. The molecule has 0 aliphatic carbocycles. The molecule has 0 atom stereocenters. The number of para-hydroxylation sites is 4. The number of ether oxygens (including phenoxy) is 1. The Kier molecular flexibility index (Phi) is 11.1. The first-order valence-corrected chi connectivity index (χ1v) is 24.5. The molecule has 0 unspecified atom stereocenters. The van der Waals surface area contributed by atoms with Gasteiger partial charge in [0.15, 0.2) is 11.0 Å². The van der Waals surface area contributed by atoms with E-state index in [1.54, 1.807) is 0 Å². The van der Waals surface area contributed by atoms with E-state index in [9.17, 15) is 0 Å². The summed E-state index contributed by atoms with van der Waals surface area (Å²) in [6.07, 6.45) is 4.29. The quantitative estimate of drug-likeness (QED) is 0.135. The standard InChI is InChI=1S/C65H59N4O/c1-43(2)56-40-62(66-41-57(56)45-23-13-10-14-24-45)69-58-30-16-15-27-54(58)55-34-33-51(39-61(55)69)70-50-26-19-25-49(38-50)67-42-68(60-32-18-17-31-59(60)67)63-52(44-21-11-9-12-22-44)28-20-29-53(63)46-35-47(64(3,4)5)37-48(36-46)65(6,7)8/h9-43H,1-8H3/q+1. The van der Waals surface area contributed by atoms with Crippen LogP contribution in [-0.2, 0) is 10.8 Å². The average Bonchev–Trinajstić information content (AvgIpc) is 3.92. The summed E-state index contributed by atoms with van der Waals surface area (Å²) in [5.74, 6) is 2.68. The van der Waals surface area contributed by atoms with Crippen LogP contribution in [0.5, 0.6) is 11.5 Å². The SMILES string of the molecule is CC(C)c1cc(-n2c3ccccc3c3ccc(Oc4cccc(-n5c[n+](-c6c(-c7ccccc7)cccc6-c6cc(C(C)(C)C)cc(C(C)(C)C)c6)c6ccccc65)c4)cc32)ncc1-c1ccccc1. The second-order valence-corrected chi connectivity index (χ2v) is 21.0. The molecule has 3 heterocycles. The molecule has 0 spiro atoms. The van der Waals surface area contributed by atoms with E-state index >= 15 is 0 Å². The lowest BCUT2D eigenvalue weighted by molar-refractivity contribution is -0.566. The van der Waals surface area contributed by atoms with Gasteiger partial charge in [-0.3, -0.25) is 4.57 Å². The molecular formula is C65H59N4O+.